The number of hydrogen-bond acceptors (Lipinski definition) is 6. The summed E-state index contributed by atoms with van der Waals surface area (Å²) in [7, 11) is -1.83. The van der Waals surface area contributed by atoms with Crippen molar-refractivity contribution in [3.8, 4) is 16.9 Å². The maximum Gasteiger partial charge on any atom is 0.247 e. The second-order valence-corrected chi connectivity index (χ2v) is 11.7. The standard InChI is InChI=1S/C28H35N3O4S/c1-20-5-7-24(8-6-20)25-9-10-28-26(15-25)35-27(18-30(4)17-23-11-13-29-14-12-23)21(2)16-31(22(3)19-32)36(28,33)34/h5-15,21-22,27,32H,16-19H2,1-4H3/t21-,22?,27-/m1/s1. The van der Waals surface area contributed by atoms with Crippen molar-refractivity contribution in [2.75, 3.05) is 26.7 Å². The van der Waals surface area contributed by atoms with E-state index in [-0.39, 0.29) is 30.1 Å². The summed E-state index contributed by atoms with van der Waals surface area (Å²) in [5, 5.41) is 9.86. The summed E-state index contributed by atoms with van der Waals surface area (Å²) in [4.78, 5) is 6.39. The highest BCUT2D eigenvalue weighted by atomic mass is 32.2. The van der Waals surface area contributed by atoms with Gasteiger partial charge in [0, 0.05) is 44.0 Å². The lowest BCUT2D eigenvalue weighted by atomic mass is 10.0. The Bertz CT molecular complexity index is 1270. The third-order valence-electron chi connectivity index (χ3n) is 6.75. The lowest BCUT2D eigenvalue weighted by Crippen LogP contribution is -2.49. The maximum absolute atomic E-state index is 13.7. The van der Waals surface area contributed by atoms with Gasteiger partial charge in [0.05, 0.1) is 6.61 Å². The molecular formula is C28H35N3O4S. The van der Waals surface area contributed by atoms with Crippen LogP contribution < -0.4 is 4.74 Å². The average molecular weight is 510 g/mol. The lowest BCUT2D eigenvalue weighted by molar-refractivity contribution is 0.0734. The number of sulfonamides is 1. The summed E-state index contributed by atoms with van der Waals surface area (Å²) in [5.74, 6) is 0.238. The van der Waals surface area contributed by atoms with E-state index in [1.165, 1.54) is 4.31 Å². The van der Waals surface area contributed by atoms with Crippen LogP contribution in [-0.2, 0) is 16.6 Å². The molecule has 2 aromatic carbocycles. The number of aliphatic hydroxyl groups is 1. The molecule has 4 rings (SSSR count). The van der Waals surface area contributed by atoms with Crippen LogP contribution in [0, 0.1) is 12.8 Å². The van der Waals surface area contributed by atoms with E-state index in [9.17, 15) is 13.5 Å². The van der Waals surface area contributed by atoms with Gasteiger partial charge in [-0.05, 0) is 61.9 Å². The van der Waals surface area contributed by atoms with Gasteiger partial charge >= 0.3 is 0 Å². The van der Waals surface area contributed by atoms with E-state index >= 15 is 0 Å². The summed E-state index contributed by atoms with van der Waals surface area (Å²) in [5.41, 5.74) is 4.18. The number of aryl methyl sites for hydroxylation is 1. The Balaban J connectivity index is 1.72. The molecule has 0 aliphatic carbocycles. The van der Waals surface area contributed by atoms with E-state index < -0.39 is 16.1 Å². The van der Waals surface area contributed by atoms with Crippen LogP contribution in [-0.4, -0.2) is 66.6 Å². The quantitative estimate of drug-likeness (QED) is 0.519. The number of rotatable bonds is 7. The second-order valence-electron chi connectivity index (χ2n) is 9.82. The SMILES string of the molecule is Cc1ccc(-c2ccc3c(c2)O[C@H](CN(C)Cc2ccncc2)[C@H](C)CN(C(C)CO)S3(=O)=O)cc1. The van der Waals surface area contributed by atoms with E-state index in [1.807, 2.05) is 69.4 Å². The molecule has 0 fully saturated rings. The minimum absolute atomic E-state index is 0.107. The van der Waals surface area contributed by atoms with Crippen LogP contribution in [0.2, 0.25) is 0 Å². The predicted molar refractivity (Wildman–Crippen MR) is 141 cm³/mol. The highest BCUT2D eigenvalue weighted by Crippen LogP contribution is 2.36. The molecule has 0 spiro atoms. The number of benzene rings is 2. The number of fused-ring (bicyclic) bond motifs is 1. The number of hydrogen-bond donors (Lipinski definition) is 1. The average Bonchev–Trinajstić information content (AvgIpc) is 2.86. The topological polar surface area (TPSA) is 83.0 Å². The molecule has 1 N–H and O–H groups in total. The van der Waals surface area contributed by atoms with Crippen LogP contribution >= 0.6 is 0 Å². The Kier molecular flexibility index (Phi) is 8.10. The molecule has 0 saturated heterocycles. The molecule has 0 amide bonds. The molecule has 2 heterocycles. The van der Waals surface area contributed by atoms with Gasteiger partial charge in [0.15, 0.2) is 0 Å². The zero-order valence-electron chi connectivity index (χ0n) is 21.3. The highest BCUT2D eigenvalue weighted by molar-refractivity contribution is 7.89. The van der Waals surface area contributed by atoms with Crippen molar-refractivity contribution >= 4 is 10.0 Å². The first-order valence-electron chi connectivity index (χ1n) is 12.3. The molecule has 1 aliphatic rings. The van der Waals surface area contributed by atoms with Crippen LogP contribution in [0.1, 0.15) is 25.0 Å². The number of ether oxygens (including phenoxy) is 1. The molecule has 7 nitrogen and oxygen atoms in total. The van der Waals surface area contributed by atoms with Gasteiger partial charge in [-0.1, -0.05) is 42.8 Å². The van der Waals surface area contributed by atoms with Crippen LogP contribution in [0.3, 0.4) is 0 Å². The summed E-state index contributed by atoms with van der Waals surface area (Å²) in [6.07, 6.45) is 3.30. The van der Waals surface area contributed by atoms with Crippen LogP contribution in [0.25, 0.3) is 11.1 Å². The fraction of sp³-hybridized carbons (Fsp3) is 0.393. The zero-order valence-corrected chi connectivity index (χ0v) is 22.1. The van der Waals surface area contributed by atoms with Gasteiger partial charge in [-0.15, -0.1) is 0 Å². The van der Waals surface area contributed by atoms with Gasteiger partial charge in [-0.2, -0.15) is 4.31 Å². The molecule has 0 saturated carbocycles. The molecule has 3 aromatic rings. The van der Waals surface area contributed by atoms with Crippen molar-refractivity contribution in [1.29, 1.82) is 0 Å². The minimum atomic E-state index is -3.87. The largest absolute Gasteiger partial charge is 0.487 e. The molecule has 0 bridgehead atoms. The summed E-state index contributed by atoms with van der Waals surface area (Å²) in [6.45, 7) is 7.11. The number of likely N-dealkylation sites (N-methyl/N-ethyl adjacent to an activating group) is 1. The van der Waals surface area contributed by atoms with Crippen LogP contribution in [0.4, 0.5) is 0 Å². The normalized spacial score (nSPS) is 20.7. The first kappa shape index (κ1) is 26.3. The van der Waals surface area contributed by atoms with Crippen molar-refractivity contribution < 1.29 is 18.3 Å². The van der Waals surface area contributed by atoms with E-state index in [0.29, 0.717) is 12.3 Å². The zero-order chi connectivity index (χ0) is 25.9. The molecule has 36 heavy (non-hydrogen) atoms. The monoisotopic (exact) mass is 509 g/mol. The van der Waals surface area contributed by atoms with Gasteiger partial charge < -0.3 is 9.84 Å². The van der Waals surface area contributed by atoms with E-state index in [2.05, 4.69) is 9.88 Å². The fourth-order valence-corrected chi connectivity index (χ4v) is 6.37. The Morgan fingerprint density at radius 2 is 1.78 bits per heavy atom. The number of nitrogens with zero attached hydrogens (tertiary/aromatic N) is 3. The number of aliphatic hydroxyl groups excluding tert-OH is 1. The molecule has 3 atom stereocenters. The van der Waals surface area contributed by atoms with Crippen molar-refractivity contribution in [2.45, 2.75) is 44.4 Å². The fourth-order valence-electron chi connectivity index (χ4n) is 4.54. The Morgan fingerprint density at radius 3 is 2.44 bits per heavy atom. The Hall–Kier alpha value is -2.78. The van der Waals surface area contributed by atoms with Gasteiger partial charge in [0.1, 0.15) is 16.7 Å². The third kappa shape index (κ3) is 5.78. The maximum atomic E-state index is 13.7. The van der Waals surface area contributed by atoms with Crippen molar-refractivity contribution in [3.05, 3.63) is 78.1 Å². The first-order chi connectivity index (χ1) is 17.2. The minimum Gasteiger partial charge on any atom is -0.487 e. The third-order valence-corrected chi connectivity index (χ3v) is 8.77. The molecule has 192 valence electrons. The lowest BCUT2D eigenvalue weighted by Gasteiger charge is -2.37. The molecule has 8 heteroatoms. The Labute approximate surface area is 214 Å². The molecular weight excluding hydrogens is 474 g/mol. The van der Waals surface area contributed by atoms with Crippen molar-refractivity contribution in [2.24, 2.45) is 5.92 Å². The first-order valence-corrected chi connectivity index (χ1v) is 13.7. The van der Waals surface area contributed by atoms with Crippen molar-refractivity contribution in [3.63, 3.8) is 0 Å². The summed E-state index contributed by atoms with van der Waals surface area (Å²) in [6, 6.07) is 16.8. The second kappa shape index (κ2) is 11.1. The van der Waals surface area contributed by atoms with Crippen LogP contribution in [0.5, 0.6) is 5.75 Å². The summed E-state index contributed by atoms with van der Waals surface area (Å²) < 4.78 is 35.3. The van der Waals surface area contributed by atoms with E-state index in [1.54, 1.807) is 25.4 Å². The van der Waals surface area contributed by atoms with Gasteiger partial charge in [0.2, 0.25) is 10.0 Å². The van der Waals surface area contributed by atoms with Gasteiger partial charge in [-0.25, -0.2) is 8.42 Å². The Morgan fingerprint density at radius 1 is 1.11 bits per heavy atom. The predicted octanol–water partition coefficient (Wildman–Crippen LogP) is 3.96. The molecule has 1 aliphatic heterocycles. The number of aromatic nitrogens is 1. The van der Waals surface area contributed by atoms with Crippen molar-refractivity contribution in [1.82, 2.24) is 14.2 Å². The van der Waals surface area contributed by atoms with E-state index in [0.717, 1.165) is 28.8 Å². The smallest absolute Gasteiger partial charge is 0.247 e. The highest BCUT2D eigenvalue weighted by Gasteiger charge is 2.38. The summed E-state index contributed by atoms with van der Waals surface area (Å²) >= 11 is 0. The van der Waals surface area contributed by atoms with Gasteiger partial charge in [-0.3, -0.25) is 9.88 Å². The van der Waals surface area contributed by atoms with Crippen LogP contribution in [0.15, 0.2) is 71.9 Å². The molecule has 1 aromatic heterocycles. The molecule has 0 radical (unpaired) electrons. The van der Waals surface area contributed by atoms with Gasteiger partial charge in [0.25, 0.3) is 0 Å². The van der Waals surface area contributed by atoms with E-state index in [4.69, 9.17) is 4.74 Å². The number of pyridine rings is 1. The molecule has 1 unspecified atom stereocenters.